The number of amides is 2. The second-order valence-electron chi connectivity index (χ2n) is 6.55. The van der Waals surface area contributed by atoms with E-state index < -0.39 is 0 Å². The number of aryl methyl sites for hydroxylation is 1. The first-order valence-corrected chi connectivity index (χ1v) is 10.9. The van der Waals surface area contributed by atoms with Crippen LogP contribution in [0.1, 0.15) is 24.0 Å². The van der Waals surface area contributed by atoms with Crippen LogP contribution in [-0.4, -0.2) is 27.6 Å². The van der Waals surface area contributed by atoms with Crippen molar-refractivity contribution in [1.82, 2.24) is 4.90 Å². The molecule has 29 heavy (non-hydrogen) atoms. The highest BCUT2D eigenvalue weighted by Gasteiger charge is 2.31. The van der Waals surface area contributed by atoms with Crippen molar-refractivity contribution in [3.8, 4) is 0 Å². The molecule has 4 nitrogen and oxygen atoms in total. The summed E-state index contributed by atoms with van der Waals surface area (Å²) in [4.78, 5) is 26.9. The van der Waals surface area contributed by atoms with Crippen LogP contribution >= 0.6 is 47.2 Å². The number of benzene rings is 2. The monoisotopic (exact) mass is 464 g/mol. The fourth-order valence-electron chi connectivity index (χ4n) is 2.75. The van der Waals surface area contributed by atoms with Gasteiger partial charge in [0.15, 0.2) is 0 Å². The molecule has 0 radical (unpaired) electrons. The average molecular weight is 465 g/mol. The first-order valence-electron chi connectivity index (χ1n) is 8.90. The lowest BCUT2D eigenvalue weighted by atomic mass is 10.1. The van der Waals surface area contributed by atoms with E-state index in [1.807, 2.05) is 37.3 Å². The Labute approximate surface area is 189 Å². The zero-order valence-electron chi connectivity index (χ0n) is 15.6. The number of nitrogens with one attached hydrogen (secondary N) is 1. The van der Waals surface area contributed by atoms with Crippen LogP contribution in [0.4, 0.5) is 5.69 Å². The number of carbonyl (C=O) groups is 2. The fourth-order valence-corrected chi connectivity index (χ4v) is 4.59. The van der Waals surface area contributed by atoms with Gasteiger partial charge in [0.25, 0.3) is 5.91 Å². The molecule has 0 atom stereocenters. The molecule has 2 aromatic rings. The Morgan fingerprint density at radius 3 is 2.48 bits per heavy atom. The maximum atomic E-state index is 12.6. The Balaban J connectivity index is 1.53. The van der Waals surface area contributed by atoms with Crippen molar-refractivity contribution >= 4 is 75.1 Å². The molecule has 1 aliphatic heterocycles. The van der Waals surface area contributed by atoms with Crippen molar-refractivity contribution in [1.29, 1.82) is 0 Å². The van der Waals surface area contributed by atoms with Crippen molar-refractivity contribution in [2.45, 2.75) is 19.8 Å². The molecule has 1 fully saturated rings. The summed E-state index contributed by atoms with van der Waals surface area (Å²) in [6, 6.07) is 12.8. The van der Waals surface area contributed by atoms with Crippen molar-refractivity contribution in [3.63, 3.8) is 0 Å². The van der Waals surface area contributed by atoms with Gasteiger partial charge >= 0.3 is 0 Å². The zero-order chi connectivity index (χ0) is 21.0. The molecule has 1 aliphatic rings. The summed E-state index contributed by atoms with van der Waals surface area (Å²) in [5.74, 6) is -0.299. The van der Waals surface area contributed by atoms with Crippen LogP contribution in [0.3, 0.4) is 0 Å². The number of carbonyl (C=O) groups excluding carboxylic acids is 2. The summed E-state index contributed by atoms with van der Waals surface area (Å²) in [7, 11) is 0. The molecular formula is C21H18Cl2N2O2S2. The Bertz CT molecular complexity index is 970. The minimum absolute atomic E-state index is 0.123. The molecule has 2 aromatic carbocycles. The van der Waals surface area contributed by atoms with E-state index in [1.165, 1.54) is 11.8 Å². The molecule has 0 saturated carbocycles. The lowest BCUT2D eigenvalue weighted by Gasteiger charge is -2.14. The van der Waals surface area contributed by atoms with Crippen LogP contribution in [0.2, 0.25) is 10.0 Å². The van der Waals surface area contributed by atoms with Crippen molar-refractivity contribution in [2.75, 3.05) is 11.9 Å². The van der Waals surface area contributed by atoms with E-state index in [0.717, 1.165) is 11.1 Å². The van der Waals surface area contributed by atoms with Crippen LogP contribution < -0.4 is 5.32 Å². The number of rotatable bonds is 6. The molecule has 0 bridgehead atoms. The quantitative estimate of drug-likeness (QED) is 0.425. The third-order valence-electron chi connectivity index (χ3n) is 4.18. The van der Waals surface area contributed by atoms with Gasteiger partial charge in [-0.2, -0.15) is 0 Å². The van der Waals surface area contributed by atoms with E-state index in [1.54, 1.807) is 23.1 Å². The number of hydrogen-bond donors (Lipinski definition) is 1. The van der Waals surface area contributed by atoms with Gasteiger partial charge in [-0.1, -0.05) is 77.0 Å². The number of thioether (sulfide) groups is 1. The maximum Gasteiger partial charge on any atom is 0.266 e. The molecule has 0 spiro atoms. The number of nitrogens with zero attached hydrogens (tertiary/aromatic N) is 1. The molecule has 2 amide bonds. The molecule has 1 N–H and O–H groups in total. The topological polar surface area (TPSA) is 49.4 Å². The summed E-state index contributed by atoms with van der Waals surface area (Å²) in [6.07, 6.45) is 2.58. The van der Waals surface area contributed by atoms with Gasteiger partial charge in [0.05, 0.1) is 4.91 Å². The first kappa shape index (κ1) is 21.8. The van der Waals surface area contributed by atoms with E-state index in [0.29, 0.717) is 37.9 Å². The summed E-state index contributed by atoms with van der Waals surface area (Å²) >= 11 is 18.5. The minimum Gasteiger partial charge on any atom is -0.326 e. The first-order chi connectivity index (χ1) is 13.8. The Morgan fingerprint density at radius 2 is 1.83 bits per heavy atom. The van der Waals surface area contributed by atoms with E-state index in [2.05, 4.69) is 5.32 Å². The summed E-state index contributed by atoms with van der Waals surface area (Å²) in [5, 5.41) is 3.66. The number of halogens is 2. The predicted octanol–water partition coefficient (Wildman–Crippen LogP) is 5.92. The Morgan fingerprint density at radius 1 is 1.17 bits per heavy atom. The minimum atomic E-state index is -0.177. The number of hydrogen-bond acceptors (Lipinski definition) is 4. The van der Waals surface area contributed by atoms with Gasteiger partial charge in [-0.15, -0.1) is 0 Å². The number of thiocarbonyl (C=S) groups is 1. The number of anilines is 1. The van der Waals surface area contributed by atoms with Gasteiger partial charge in [0.1, 0.15) is 4.32 Å². The Kier molecular flexibility index (Phi) is 7.35. The molecule has 150 valence electrons. The third-order valence-corrected chi connectivity index (χ3v) is 5.99. The highest BCUT2D eigenvalue weighted by Crippen LogP contribution is 2.32. The SMILES string of the molecule is Cc1ccc(C=C2SC(=S)N(CCCC(=O)Nc3cc(Cl)cc(Cl)c3)C2=O)cc1. The lowest BCUT2D eigenvalue weighted by Crippen LogP contribution is -2.29. The van der Waals surface area contributed by atoms with Crippen LogP contribution in [0.15, 0.2) is 47.4 Å². The highest BCUT2D eigenvalue weighted by molar-refractivity contribution is 8.26. The van der Waals surface area contributed by atoms with Gasteiger partial charge in [-0.05, 0) is 43.2 Å². The van der Waals surface area contributed by atoms with E-state index >= 15 is 0 Å². The van der Waals surface area contributed by atoms with E-state index in [4.69, 9.17) is 35.4 Å². The van der Waals surface area contributed by atoms with Crippen LogP contribution in [-0.2, 0) is 9.59 Å². The van der Waals surface area contributed by atoms with Gasteiger partial charge in [-0.3, -0.25) is 14.5 Å². The van der Waals surface area contributed by atoms with Crippen molar-refractivity contribution < 1.29 is 9.59 Å². The largest absolute Gasteiger partial charge is 0.326 e. The van der Waals surface area contributed by atoms with Crippen molar-refractivity contribution in [2.24, 2.45) is 0 Å². The van der Waals surface area contributed by atoms with Gasteiger partial charge < -0.3 is 5.32 Å². The smallest absolute Gasteiger partial charge is 0.266 e. The van der Waals surface area contributed by atoms with Crippen LogP contribution in [0.5, 0.6) is 0 Å². The predicted molar refractivity (Wildman–Crippen MR) is 125 cm³/mol. The molecule has 1 saturated heterocycles. The molecular weight excluding hydrogens is 447 g/mol. The molecule has 0 aliphatic carbocycles. The maximum absolute atomic E-state index is 12.6. The highest BCUT2D eigenvalue weighted by atomic mass is 35.5. The fraction of sp³-hybridized carbons (Fsp3) is 0.190. The molecule has 0 unspecified atom stereocenters. The molecule has 3 rings (SSSR count). The van der Waals surface area contributed by atoms with E-state index in [-0.39, 0.29) is 18.2 Å². The third kappa shape index (κ3) is 6.06. The normalized spacial score (nSPS) is 15.3. The van der Waals surface area contributed by atoms with Gasteiger partial charge in [-0.25, -0.2) is 0 Å². The van der Waals surface area contributed by atoms with Gasteiger partial charge in [0, 0.05) is 28.7 Å². The molecule has 8 heteroatoms. The lowest BCUT2D eigenvalue weighted by molar-refractivity contribution is -0.122. The summed E-state index contributed by atoms with van der Waals surface area (Å²) < 4.78 is 0.510. The molecule has 0 aromatic heterocycles. The van der Waals surface area contributed by atoms with E-state index in [9.17, 15) is 9.59 Å². The summed E-state index contributed by atoms with van der Waals surface area (Å²) in [5.41, 5.74) is 2.66. The summed E-state index contributed by atoms with van der Waals surface area (Å²) in [6.45, 7) is 2.40. The molecule has 1 heterocycles. The second kappa shape index (κ2) is 9.76. The van der Waals surface area contributed by atoms with Crippen LogP contribution in [0, 0.1) is 6.92 Å². The van der Waals surface area contributed by atoms with Gasteiger partial charge in [0.2, 0.25) is 5.91 Å². The zero-order valence-corrected chi connectivity index (χ0v) is 18.7. The van der Waals surface area contributed by atoms with Crippen LogP contribution in [0.25, 0.3) is 6.08 Å². The van der Waals surface area contributed by atoms with Crippen molar-refractivity contribution in [3.05, 3.63) is 68.5 Å². The second-order valence-corrected chi connectivity index (χ2v) is 9.10. The standard InChI is InChI=1S/C21H18Cl2N2O2S2/c1-13-4-6-14(7-5-13)9-18-20(27)25(21(28)29-18)8-2-3-19(26)24-17-11-15(22)10-16(23)12-17/h4-7,9-12H,2-3,8H2,1H3,(H,24,26). The average Bonchev–Trinajstić information content (AvgIpc) is 2.90. The Hall–Kier alpha value is -1.86.